The zero-order valence-electron chi connectivity index (χ0n) is 12.9. The van der Waals surface area contributed by atoms with Crippen LogP contribution in [0.4, 0.5) is 4.79 Å². The number of primary amides is 1. The molecule has 3 amide bonds. The smallest absolute Gasteiger partial charge is 0.318 e. The number of nitrogens with two attached hydrogens (primary N) is 2. The van der Waals surface area contributed by atoms with Crippen molar-refractivity contribution in [1.82, 2.24) is 15.0 Å². The Morgan fingerprint density at radius 3 is 2.48 bits per heavy atom. The summed E-state index contributed by atoms with van der Waals surface area (Å²) < 4.78 is 1.37. The van der Waals surface area contributed by atoms with Gasteiger partial charge in [-0.25, -0.2) is 14.5 Å². The van der Waals surface area contributed by atoms with E-state index < -0.39 is 17.2 Å². The number of urea groups is 1. The first-order chi connectivity index (χ1) is 10.9. The fourth-order valence-corrected chi connectivity index (χ4v) is 3.00. The van der Waals surface area contributed by atoms with Gasteiger partial charge in [0.15, 0.2) is 5.16 Å². The lowest BCUT2D eigenvalue weighted by molar-refractivity contribution is -0.120. The third kappa shape index (κ3) is 4.26. The Balaban J connectivity index is 2.22. The summed E-state index contributed by atoms with van der Waals surface area (Å²) in [5, 5.41) is 2.06. The molecule has 0 saturated carbocycles. The number of hydrogen-bond acceptors (Lipinski definition) is 5. The number of nitrogen functional groups attached to an aromatic ring is 1. The number of benzene rings is 1. The minimum absolute atomic E-state index is 0.0313. The van der Waals surface area contributed by atoms with E-state index in [1.54, 1.807) is 6.20 Å². The van der Waals surface area contributed by atoms with E-state index in [1.165, 1.54) is 16.4 Å². The molecule has 2 aromatic rings. The third-order valence-corrected chi connectivity index (χ3v) is 4.64. The maximum atomic E-state index is 12.1. The number of imidazole rings is 1. The van der Waals surface area contributed by atoms with Crippen molar-refractivity contribution in [3.05, 3.63) is 36.5 Å². The fourth-order valence-electron chi connectivity index (χ4n) is 2.01. The second-order valence-electron chi connectivity index (χ2n) is 5.32. The van der Waals surface area contributed by atoms with Crippen LogP contribution in [0.25, 0.3) is 11.3 Å². The summed E-state index contributed by atoms with van der Waals surface area (Å²) in [7, 11) is 0. The van der Waals surface area contributed by atoms with E-state index in [2.05, 4.69) is 10.3 Å². The summed E-state index contributed by atoms with van der Waals surface area (Å²) in [5.41, 5.74) is 6.66. The second kappa shape index (κ2) is 7.19. The summed E-state index contributed by atoms with van der Waals surface area (Å²) in [6.45, 7) is 3.75. The van der Waals surface area contributed by atoms with Crippen LogP contribution >= 0.6 is 11.8 Å². The first kappa shape index (κ1) is 16.9. The maximum Gasteiger partial charge on any atom is 0.318 e. The standard InChI is InChI=1S/C15H19N5O2S/c1-9(2)12(13(21)19-14(16)22)23-15-18-11(8-20(15)17)10-6-4-3-5-7-10/h3-9,12H,17H2,1-2H3,(H3,16,19,21,22). The van der Waals surface area contributed by atoms with Gasteiger partial charge in [0.05, 0.1) is 17.1 Å². The minimum atomic E-state index is -0.873. The van der Waals surface area contributed by atoms with Crippen molar-refractivity contribution >= 4 is 23.7 Å². The van der Waals surface area contributed by atoms with Gasteiger partial charge in [-0.2, -0.15) is 0 Å². The number of nitrogens with one attached hydrogen (secondary N) is 1. The number of carbonyl (C=O) groups is 2. The van der Waals surface area contributed by atoms with Crippen LogP contribution in [0.5, 0.6) is 0 Å². The molecule has 1 atom stereocenters. The normalized spacial score (nSPS) is 12.1. The van der Waals surface area contributed by atoms with E-state index >= 15 is 0 Å². The molecular weight excluding hydrogens is 314 g/mol. The van der Waals surface area contributed by atoms with Gasteiger partial charge >= 0.3 is 6.03 Å². The Hall–Kier alpha value is -2.48. The van der Waals surface area contributed by atoms with Crippen LogP contribution in [0.3, 0.4) is 0 Å². The number of carbonyl (C=O) groups excluding carboxylic acids is 2. The monoisotopic (exact) mass is 333 g/mol. The van der Waals surface area contributed by atoms with Crippen molar-refractivity contribution < 1.29 is 9.59 Å². The molecule has 1 aromatic carbocycles. The summed E-state index contributed by atoms with van der Waals surface area (Å²) in [5.74, 6) is 5.45. The highest BCUT2D eigenvalue weighted by molar-refractivity contribution is 8.00. The Kier molecular flexibility index (Phi) is 5.28. The van der Waals surface area contributed by atoms with Crippen LogP contribution in [0.1, 0.15) is 13.8 Å². The average Bonchev–Trinajstić information content (AvgIpc) is 2.85. The number of rotatable bonds is 5. The molecule has 23 heavy (non-hydrogen) atoms. The third-order valence-electron chi connectivity index (χ3n) is 3.11. The van der Waals surface area contributed by atoms with Crippen LogP contribution in [0.15, 0.2) is 41.7 Å². The Bertz CT molecular complexity index is 699. The molecule has 0 aliphatic carbocycles. The molecule has 0 aliphatic heterocycles. The van der Waals surface area contributed by atoms with Crippen molar-refractivity contribution in [1.29, 1.82) is 0 Å². The van der Waals surface area contributed by atoms with Gasteiger partial charge in [0.25, 0.3) is 0 Å². The van der Waals surface area contributed by atoms with Crippen LogP contribution in [-0.4, -0.2) is 26.8 Å². The first-order valence-corrected chi connectivity index (χ1v) is 7.93. The number of amides is 3. The number of nitrogens with zero attached hydrogens (tertiary/aromatic N) is 2. The lowest BCUT2D eigenvalue weighted by Gasteiger charge is -2.18. The van der Waals surface area contributed by atoms with Crippen molar-refractivity contribution in [2.45, 2.75) is 24.3 Å². The average molecular weight is 333 g/mol. The molecule has 122 valence electrons. The number of thioether (sulfide) groups is 1. The largest absolute Gasteiger partial charge is 0.351 e. The molecule has 0 radical (unpaired) electrons. The van der Waals surface area contributed by atoms with Crippen LogP contribution in [0, 0.1) is 5.92 Å². The fraction of sp³-hybridized carbons (Fsp3) is 0.267. The van der Waals surface area contributed by atoms with Gasteiger partial charge in [-0.3, -0.25) is 10.1 Å². The van der Waals surface area contributed by atoms with Crippen LogP contribution in [0.2, 0.25) is 0 Å². The molecule has 0 saturated heterocycles. The van der Waals surface area contributed by atoms with Crippen LogP contribution in [-0.2, 0) is 4.79 Å². The zero-order valence-corrected chi connectivity index (χ0v) is 13.7. The Morgan fingerprint density at radius 2 is 1.91 bits per heavy atom. The lowest BCUT2D eigenvalue weighted by atomic mass is 10.1. The molecule has 5 N–H and O–H groups in total. The molecule has 7 nitrogen and oxygen atoms in total. The number of aromatic nitrogens is 2. The quantitative estimate of drug-likeness (QED) is 0.567. The summed E-state index contributed by atoms with van der Waals surface area (Å²) in [4.78, 5) is 27.4. The van der Waals surface area contributed by atoms with Crippen molar-refractivity contribution in [3.8, 4) is 11.3 Å². The predicted molar refractivity (Wildman–Crippen MR) is 90.0 cm³/mol. The molecule has 0 fully saturated rings. The molecular formula is C15H19N5O2S. The molecule has 8 heteroatoms. The minimum Gasteiger partial charge on any atom is -0.351 e. The van der Waals surface area contributed by atoms with Gasteiger partial charge in [0.2, 0.25) is 5.91 Å². The zero-order chi connectivity index (χ0) is 17.0. The summed E-state index contributed by atoms with van der Waals surface area (Å²) in [6, 6.07) is 8.72. The van der Waals surface area contributed by atoms with E-state index in [0.717, 1.165) is 5.56 Å². The molecule has 1 aromatic heterocycles. The van der Waals surface area contributed by atoms with Gasteiger partial charge in [0, 0.05) is 5.56 Å². The van der Waals surface area contributed by atoms with Crippen molar-refractivity contribution in [2.24, 2.45) is 11.7 Å². The second-order valence-corrected chi connectivity index (χ2v) is 6.43. The summed E-state index contributed by atoms with van der Waals surface area (Å²) >= 11 is 1.20. The van der Waals surface area contributed by atoms with Gasteiger partial charge in [-0.05, 0) is 5.92 Å². The number of imide groups is 1. The lowest BCUT2D eigenvalue weighted by Crippen LogP contribution is -2.42. The molecule has 0 spiro atoms. The van der Waals surface area contributed by atoms with E-state index in [9.17, 15) is 9.59 Å². The SMILES string of the molecule is CC(C)C(Sc1nc(-c2ccccc2)cn1N)C(=O)NC(N)=O. The molecule has 0 bridgehead atoms. The Labute approximate surface area is 138 Å². The van der Waals surface area contributed by atoms with Crippen molar-refractivity contribution in [3.63, 3.8) is 0 Å². The molecule has 1 unspecified atom stereocenters. The van der Waals surface area contributed by atoms with Crippen molar-refractivity contribution in [2.75, 3.05) is 5.84 Å². The van der Waals surface area contributed by atoms with Crippen LogP contribution < -0.4 is 16.9 Å². The Morgan fingerprint density at radius 1 is 1.26 bits per heavy atom. The highest BCUT2D eigenvalue weighted by atomic mass is 32.2. The topological polar surface area (TPSA) is 116 Å². The van der Waals surface area contributed by atoms with E-state index in [-0.39, 0.29) is 5.92 Å². The highest BCUT2D eigenvalue weighted by Gasteiger charge is 2.26. The summed E-state index contributed by atoms with van der Waals surface area (Å²) in [6.07, 6.45) is 1.70. The van der Waals surface area contributed by atoms with E-state index in [4.69, 9.17) is 11.6 Å². The van der Waals surface area contributed by atoms with Gasteiger partial charge in [-0.15, -0.1) is 0 Å². The van der Waals surface area contributed by atoms with Gasteiger partial charge in [-0.1, -0.05) is 55.9 Å². The first-order valence-electron chi connectivity index (χ1n) is 7.05. The van der Waals surface area contributed by atoms with Gasteiger partial charge in [0.1, 0.15) is 0 Å². The predicted octanol–water partition coefficient (Wildman–Crippen LogP) is 1.58. The number of hydrogen-bond donors (Lipinski definition) is 3. The van der Waals surface area contributed by atoms with E-state index in [0.29, 0.717) is 10.9 Å². The highest BCUT2D eigenvalue weighted by Crippen LogP contribution is 2.29. The molecule has 0 aliphatic rings. The maximum absolute atomic E-state index is 12.1. The molecule has 1 heterocycles. The van der Waals surface area contributed by atoms with Gasteiger partial charge < -0.3 is 11.6 Å². The molecule has 2 rings (SSSR count). The van der Waals surface area contributed by atoms with E-state index in [1.807, 2.05) is 44.2 Å².